The third kappa shape index (κ3) is 3.06. The van der Waals surface area contributed by atoms with Crippen LogP contribution in [-0.2, 0) is 0 Å². The molecule has 0 aliphatic rings. The Balaban J connectivity index is 2.57. The Kier molecular flexibility index (Phi) is 3.70. The molecule has 5 heteroatoms. The van der Waals surface area contributed by atoms with E-state index >= 15 is 0 Å². The Bertz CT molecular complexity index is 410. The fourth-order valence-electron chi connectivity index (χ4n) is 1.05. The van der Waals surface area contributed by atoms with Crippen LogP contribution < -0.4 is 11.1 Å². The van der Waals surface area contributed by atoms with E-state index in [0.29, 0.717) is 22.9 Å². The zero-order chi connectivity index (χ0) is 12.3. The predicted octanol–water partition coefficient (Wildman–Crippen LogP) is 1.63. The molecule has 88 valence electrons. The topological polar surface area (TPSA) is 68.3 Å². The molecule has 0 unspecified atom stereocenters. The number of nitrogens with two attached hydrogens (primary N) is 1. The van der Waals surface area contributed by atoms with E-state index < -0.39 is 0 Å². The molecule has 0 bridgehead atoms. The van der Waals surface area contributed by atoms with Gasteiger partial charge < -0.3 is 15.5 Å². The van der Waals surface area contributed by atoms with Gasteiger partial charge in [-0.15, -0.1) is 0 Å². The average Bonchev–Trinajstić information content (AvgIpc) is 2.61. The number of amides is 1. The Hall–Kier alpha value is -1.36. The molecule has 0 saturated carbocycles. The molecule has 0 fully saturated rings. The highest BCUT2D eigenvalue weighted by Gasteiger charge is 2.22. The maximum Gasteiger partial charge on any atom is 0.254 e. The quantitative estimate of drug-likeness (QED) is 0.785. The maximum absolute atomic E-state index is 11.7. The Morgan fingerprint density at radius 3 is 2.69 bits per heavy atom. The molecule has 0 spiro atoms. The summed E-state index contributed by atoms with van der Waals surface area (Å²) in [5, 5.41) is 2.77. The van der Waals surface area contributed by atoms with Gasteiger partial charge in [-0.05, 0) is 13.0 Å². The van der Waals surface area contributed by atoms with E-state index in [1.165, 1.54) is 6.26 Å². The summed E-state index contributed by atoms with van der Waals surface area (Å²) in [4.78, 5) is 12.1. The number of hydrogen-bond acceptors (Lipinski definition) is 3. The molecule has 1 rings (SSSR count). The minimum Gasteiger partial charge on any atom is -0.469 e. The fourth-order valence-corrected chi connectivity index (χ4v) is 1.13. The van der Waals surface area contributed by atoms with Crippen LogP contribution in [0.25, 0.3) is 0 Å². The van der Waals surface area contributed by atoms with Crippen LogP contribution in [0, 0.1) is 12.3 Å². The summed E-state index contributed by atoms with van der Waals surface area (Å²) < 4.78 is 5.05. The van der Waals surface area contributed by atoms with Crippen LogP contribution in [0.15, 0.2) is 16.7 Å². The molecule has 0 aliphatic carbocycles. The van der Waals surface area contributed by atoms with Crippen molar-refractivity contribution in [3.8, 4) is 0 Å². The Labute approximate surface area is 100 Å². The normalized spacial score (nSPS) is 11.2. The van der Waals surface area contributed by atoms with Crippen LogP contribution in [0.4, 0.5) is 0 Å². The number of thiocarbonyl (C=S) groups is 1. The Morgan fingerprint density at radius 2 is 2.25 bits per heavy atom. The SMILES string of the molecule is Cc1cc(C(=O)NCC(C)(C)C(N)=S)co1. The van der Waals surface area contributed by atoms with Gasteiger partial charge in [-0.1, -0.05) is 26.1 Å². The van der Waals surface area contributed by atoms with Crippen LogP contribution in [0.5, 0.6) is 0 Å². The number of nitrogens with one attached hydrogen (secondary N) is 1. The molecule has 16 heavy (non-hydrogen) atoms. The lowest BCUT2D eigenvalue weighted by molar-refractivity contribution is 0.0944. The second-order valence-corrected chi connectivity index (χ2v) is 4.82. The van der Waals surface area contributed by atoms with Crippen LogP contribution in [-0.4, -0.2) is 17.4 Å². The summed E-state index contributed by atoms with van der Waals surface area (Å²) in [6, 6.07) is 1.68. The molecule has 0 aliphatic heterocycles. The van der Waals surface area contributed by atoms with Gasteiger partial charge in [0.2, 0.25) is 0 Å². The number of carbonyl (C=O) groups is 1. The third-order valence-corrected chi connectivity index (χ3v) is 2.90. The molecule has 0 radical (unpaired) electrons. The average molecular weight is 240 g/mol. The van der Waals surface area contributed by atoms with Crippen molar-refractivity contribution in [1.82, 2.24) is 5.32 Å². The summed E-state index contributed by atoms with van der Waals surface area (Å²) in [6.07, 6.45) is 1.43. The number of furan rings is 1. The lowest BCUT2D eigenvalue weighted by Crippen LogP contribution is -2.41. The first kappa shape index (κ1) is 12.7. The second kappa shape index (κ2) is 4.65. The highest BCUT2D eigenvalue weighted by Crippen LogP contribution is 2.14. The molecule has 3 N–H and O–H groups in total. The van der Waals surface area contributed by atoms with Crippen molar-refractivity contribution in [3.05, 3.63) is 23.7 Å². The Morgan fingerprint density at radius 1 is 1.62 bits per heavy atom. The van der Waals surface area contributed by atoms with Crippen molar-refractivity contribution in [2.75, 3.05) is 6.54 Å². The van der Waals surface area contributed by atoms with E-state index in [1.54, 1.807) is 13.0 Å². The van der Waals surface area contributed by atoms with E-state index in [2.05, 4.69) is 5.32 Å². The smallest absolute Gasteiger partial charge is 0.254 e. The summed E-state index contributed by atoms with van der Waals surface area (Å²) in [5.41, 5.74) is 5.69. The van der Waals surface area contributed by atoms with Gasteiger partial charge in [0.25, 0.3) is 5.91 Å². The van der Waals surface area contributed by atoms with Gasteiger partial charge >= 0.3 is 0 Å². The fraction of sp³-hybridized carbons (Fsp3) is 0.455. The number of rotatable bonds is 4. The van der Waals surface area contributed by atoms with Gasteiger partial charge in [-0.2, -0.15) is 0 Å². The molecule has 4 nitrogen and oxygen atoms in total. The summed E-state index contributed by atoms with van der Waals surface area (Å²) in [6.45, 7) is 5.97. The number of aryl methyl sites for hydroxylation is 1. The van der Waals surface area contributed by atoms with Crippen LogP contribution >= 0.6 is 12.2 Å². The van der Waals surface area contributed by atoms with Gasteiger partial charge in [0.15, 0.2) is 0 Å². The van der Waals surface area contributed by atoms with Gasteiger partial charge in [0.05, 0.1) is 10.6 Å². The van der Waals surface area contributed by atoms with Crippen LogP contribution in [0.1, 0.15) is 30.0 Å². The molecule has 1 aromatic heterocycles. The van der Waals surface area contributed by atoms with E-state index in [0.717, 1.165) is 0 Å². The molecule has 0 saturated heterocycles. The van der Waals surface area contributed by atoms with Crippen molar-refractivity contribution >= 4 is 23.1 Å². The molecule has 1 aromatic rings. The molecule has 0 atom stereocenters. The number of carbonyl (C=O) groups excluding carboxylic acids is 1. The monoisotopic (exact) mass is 240 g/mol. The van der Waals surface area contributed by atoms with Crippen molar-refractivity contribution in [1.29, 1.82) is 0 Å². The van der Waals surface area contributed by atoms with Crippen molar-refractivity contribution < 1.29 is 9.21 Å². The number of hydrogen-bond donors (Lipinski definition) is 2. The van der Waals surface area contributed by atoms with Crippen LogP contribution in [0.2, 0.25) is 0 Å². The first-order valence-electron chi connectivity index (χ1n) is 4.96. The lowest BCUT2D eigenvalue weighted by atomic mass is 9.93. The van der Waals surface area contributed by atoms with Gasteiger partial charge in [-0.3, -0.25) is 4.79 Å². The first-order valence-corrected chi connectivity index (χ1v) is 5.37. The zero-order valence-electron chi connectivity index (χ0n) is 9.66. The molecular formula is C11H16N2O2S. The molecule has 0 aromatic carbocycles. The maximum atomic E-state index is 11.7. The highest BCUT2D eigenvalue weighted by atomic mass is 32.1. The molecule has 1 amide bonds. The summed E-state index contributed by atoms with van der Waals surface area (Å²) in [5.74, 6) is 0.528. The van der Waals surface area contributed by atoms with E-state index in [-0.39, 0.29) is 11.3 Å². The van der Waals surface area contributed by atoms with E-state index in [9.17, 15) is 4.79 Å². The first-order chi connectivity index (χ1) is 7.33. The van der Waals surface area contributed by atoms with E-state index in [4.69, 9.17) is 22.4 Å². The summed E-state index contributed by atoms with van der Waals surface area (Å²) >= 11 is 4.91. The lowest BCUT2D eigenvalue weighted by Gasteiger charge is -2.23. The van der Waals surface area contributed by atoms with Crippen molar-refractivity contribution in [2.45, 2.75) is 20.8 Å². The highest BCUT2D eigenvalue weighted by molar-refractivity contribution is 7.80. The summed E-state index contributed by atoms with van der Waals surface area (Å²) in [7, 11) is 0. The van der Waals surface area contributed by atoms with Gasteiger partial charge in [-0.25, -0.2) is 0 Å². The minimum absolute atomic E-state index is 0.179. The van der Waals surface area contributed by atoms with Gasteiger partial charge in [0, 0.05) is 12.0 Å². The van der Waals surface area contributed by atoms with Gasteiger partial charge in [0.1, 0.15) is 12.0 Å². The molecule has 1 heterocycles. The standard InChI is InChI=1S/C11H16N2O2S/c1-7-4-8(5-15-7)9(14)13-6-11(2,3)10(12)16/h4-5H,6H2,1-3H3,(H2,12,16)(H,13,14). The van der Waals surface area contributed by atoms with Crippen LogP contribution in [0.3, 0.4) is 0 Å². The van der Waals surface area contributed by atoms with Crippen molar-refractivity contribution in [3.63, 3.8) is 0 Å². The largest absolute Gasteiger partial charge is 0.469 e. The molecular weight excluding hydrogens is 224 g/mol. The third-order valence-electron chi connectivity index (χ3n) is 2.35. The minimum atomic E-state index is -0.385. The second-order valence-electron chi connectivity index (χ2n) is 4.38. The van der Waals surface area contributed by atoms with E-state index in [1.807, 2.05) is 13.8 Å². The predicted molar refractivity (Wildman–Crippen MR) is 66.3 cm³/mol. The zero-order valence-corrected chi connectivity index (χ0v) is 10.5. The van der Waals surface area contributed by atoms with Crippen molar-refractivity contribution in [2.24, 2.45) is 11.1 Å².